The maximum Gasteiger partial charge on any atom is 0.405 e. The molecule has 0 fully saturated rings. The molecule has 0 saturated carbocycles. The largest absolute Gasteiger partial charge is 0.495 e. The van der Waals surface area contributed by atoms with Gasteiger partial charge in [-0.3, -0.25) is 4.79 Å². The average Bonchev–Trinajstić information content (AvgIpc) is 2.36. The van der Waals surface area contributed by atoms with E-state index >= 15 is 0 Å². The van der Waals surface area contributed by atoms with Crippen LogP contribution < -0.4 is 15.4 Å². The molecule has 20 heavy (non-hydrogen) atoms. The summed E-state index contributed by atoms with van der Waals surface area (Å²) in [7, 11) is 1.43. The third-order valence-electron chi connectivity index (χ3n) is 2.41. The van der Waals surface area contributed by atoms with Gasteiger partial charge in [0.15, 0.2) is 0 Å². The van der Waals surface area contributed by atoms with Gasteiger partial charge in [-0.2, -0.15) is 13.2 Å². The van der Waals surface area contributed by atoms with E-state index in [0.29, 0.717) is 16.5 Å². The van der Waals surface area contributed by atoms with Crippen LogP contribution in [-0.4, -0.2) is 32.3 Å². The van der Waals surface area contributed by atoms with Gasteiger partial charge in [0.1, 0.15) is 12.3 Å². The van der Waals surface area contributed by atoms with Crippen molar-refractivity contribution in [2.45, 2.75) is 13.1 Å². The molecule has 0 spiro atoms. The van der Waals surface area contributed by atoms with E-state index in [-0.39, 0.29) is 6.54 Å². The van der Waals surface area contributed by atoms with E-state index in [1.807, 2.05) is 0 Å². The summed E-state index contributed by atoms with van der Waals surface area (Å²) in [4.78, 5) is 11.3. The molecule has 0 heterocycles. The van der Waals surface area contributed by atoms with Crippen molar-refractivity contribution < 1.29 is 22.7 Å². The monoisotopic (exact) mass is 310 g/mol. The molecule has 0 saturated heterocycles. The normalized spacial score (nSPS) is 11.1. The van der Waals surface area contributed by atoms with E-state index in [2.05, 4.69) is 5.32 Å². The number of nitrogens with one attached hydrogen (secondary N) is 2. The first-order valence-corrected chi connectivity index (χ1v) is 6.02. The smallest absolute Gasteiger partial charge is 0.405 e. The molecule has 1 amide bonds. The third kappa shape index (κ3) is 5.16. The molecule has 1 aromatic carbocycles. The van der Waals surface area contributed by atoms with Crippen molar-refractivity contribution in [2.75, 3.05) is 25.5 Å². The highest BCUT2D eigenvalue weighted by Crippen LogP contribution is 2.30. The number of methoxy groups -OCH3 is 1. The van der Waals surface area contributed by atoms with Crippen molar-refractivity contribution in [3.8, 4) is 5.75 Å². The highest BCUT2D eigenvalue weighted by molar-refractivity contribution is 6.31. The summed E-state index contributed by atoms with van der Waals surface area (Å²) >= 11 is 5.92. The summed E-state index contributed by atoms with van der Waals surface area (Å²) in [6.45, 7) is 0.106. The number of amides is 1. The van der Waals surface area contributed by atoms with Crippen molar-refractivity contribution in [1.82, 2.24) is 5.32 Å². The number of benzene rings is 1. The van der Waals surface area contributed by atoms with Gasteiger partial charge in [0.25, 0.3) is 0 Å². The first-order valence-electron chi connectivity index (χ1n) is 5.64. The molecule has 1 aromatic rings. The number of rotatable bonds is 5. The third-order valence-corrected chi connectivity index (χ3v) is 2.81. The summed E-state index contributed by atoms with van der Waals surface area (Å²) in [5.74, 6) is -0.360. The van der Waals surface area contributed by atoms with Crippen LogP contribution in [0.2, 0.25) is 5.02 Å². The lowest BCUT2D eigenvalue weighted by molar-refractivity contribution is -0.137. The Balaban J connectivity index is 2.61. The molecular formula is C12H14ClF3N2O2. The Hall–Kier alpha value is -1.63. The molecule has 0 unspecified atom stereocenters. The lowest BCUT2D eigenvalue weighted by Crippen LogP contribution is -2.37. The van der Waals surface area contributed by atoms with Gasteiger partial charge in [-0.1, -0.05) is 11.6 Å². The average molecular weight is 311 g/mol. The molecule has 8 heteroatoms. The highest BCUT2D eigenvalue weighted by Gasteiger charge is 2.27. The number of carbonyl (C=O) groups excluding carboxylic acids is 1. The van der Waals surface area contributed by atoms with Crippen LogP contribution in [0.25, 0.3) is 0 Å². The van der Waals surface area contributed by atoms with E-state index in [9.17, 15) is 18.0 Å². The minimum atomic E-state index is -4.43. The fourth-order valence-corrected chi connectivity index (χ4v) is 1.56. The van der Waals surface area contributed by atoms with Gasteiger partial charge < -0.3 is 15.4 Å². The predicted octanol–water partition coefficient (Wildman–Crippen LogP) is 2.75. The summed E-state index contributed by atoms with van der Waals surface area (Å²) in [5.41, 5.74) is 1.24. The summed E-state index contributed by atoms with van der Waals surface area (Å²) < 4.78 is 40.8. The first-order chi connectivity index (χ1) is 9.23. The maximum absolute atomic E-state index is 11.9. The number of ether oxygens (including phenoxy) is 1. The molecule has 0 aliphatic heterocycles. The van der Waals surface area contributed by atoms with Crippen LogP contribution in [0, 0.1) is 6.92 Å². The van der Waals surface area contributed by atoms with Crippen molar-refractivity contribution in [2.24, 2.45) is 0 Å². The number of halogens is 4. The van der Waals surface area contributed by atoms with E-state index in [1.54, 1.807) is 24.4 Å². The molecule has 4 nitrogen and oxygen atoms in total. The highest BCUT2D eigenvalue weighted by atomic mass is 35.5. The number of alkyl halides is 3. The van der Waals surface area contributed by atoms with Gasteiger partial charge in [0.05, 0.1) is 19.3 Å². The fourth-order valence-electron chi connectivity index (χ4n) is 1.41. The van der Waals surface area contributed by atoms with Crippen molar-refractivity contribution in [3.05, 3.63) is 22.7 Å². The van der Waals surface area contributed by atoms with Gasteiger partial charge in [0.2, 0.25) is 5.91 Å². The molecule has 0 aliphatic carbocycles. The van der Waals surface area contributed by atoms with E-state index < -0.39 is 18.6 Å². The molecular weight excluding hydrogens is 297 g/mol. The van der Waals surface area contributed by atoms with E-state index in [1.165, 1.54) is 7.11 Å². The second kappa shape index (κ2) is 6.69. The van der Waals surface area contributed by atoms with Crippen LogP contribution in [0.5, 0.6) is 5.75 Å². The Morgan fingerprint density at radius 1 is 1.40 bits per heavy atom. The topological polar surface area (TPSA) is 50.4 Å². The fraction of sp³-hybridized carbons (Fsp3) is 0.417. The summed E-state index contributed by atoms with van der Waals surface area (Å²) in [6, 6.07) is 3.21. The van der Waals surface area contributed by atoms with E-state index in [4.69, 9.17) is 16.3 Å². The number of anilines is 1. The summed E-state index contributed by atoms with van der Waals surface area (Å²) in [5, 5.41) is 4.96. The van der Waals surface area contributed by atoms with Gasteiger partial charge in [-0.25, -0.2) is 0 Å². The molecule has 0 bridgehead atoms. The van der Waals surface area contributed by atoms with Gasteiger partial charge >= 0.3 is 6.18 Å². The maximum atomic E-state index is 11.9. The zero-order chi connectivity index (χ0) is 15.3. The van der Waals surface area contributed by atoms with Crippen LogP contribution in [-0.2, 0) is 4.79 Å². The van der Waals surface area contributed by atoms with Crippen LogP contribution >= 0.6 is 11.6 Å². The van der Waals surface area contributed by atoms with E-state index in [0.717, 1.165) is 5.56 Å². The molecule has 1 rings (SSSR count). The number of hydrogen-bond donors (Lipinski definition) is 2. The first kappa shape index (κ1) is 16.4. The second-order valence-corrected chi connectivity index (χ2v) is 4.45. The van der Waals surface area contributed by atoms with Gasteiger partial charge in [-0.15, -0.1) is 0 Å². The number of aryl methyl sites for hydroxylation is 1. The molecule has 0 aromatic heterocycles. The predicted molar refractivity (Wildman–Crippen MR) is 70.3 cm³/mol. The SMILES string of the molecule is COc1cc(Cl)c(C)cc1NCC(=O)NCC(F)(F)F. The minimum Gasteiger partial charge on any atom is -0.495 e. The lowest BCUT2D eigenvalue weighted by atomic mass is 10.2. The quantitative estimate of drug-likeness (QED) is 0.879. The Morgan fingerprint density at radius 3 is 2.60 bits per heavy atom. The minimum absolute atomic E-state index is 0.298. The number of carbonyl (C=O) groups is 1. The van der Waals surface area contributed by atoms with Crippen molar-refractivity contribution in [3.63, 3.8) is 0 Å². The molecule has 0 radical (unpaired) electrons. The van der Waals surface area contributed by atoms with Gasteiger partial charge in [0, 0.05) is 11.1 Å². The van der Waals surface area contributed by atoms with Crippen LogP contribution in [0.1, 0.15) is 5.56 Å². The standard InChI is InChI=1S/C12H14ClF3N2O2/c1-7-3-9(10(20-2)4-8(7)13)17-5-11(19)18-6-12(14,15)16/h3-4,17H,5-6H2,1-2H3,(H,18,19). The van der Waals surface area contributed by atoms with Crippen LogP contribution in [0.15, 0.2) is 12.1 Å². The van der Waals surface area contributed by atoms with Gasteiger partial charge in [-0.05, 0) is 18.6 Å². The van der Waals surface area contributed by atoms with Crippen LogP contribution in [0.4, 0.5) is 18.9 Å². The van der Waals surface area contributed by atoms with Crippen molar-refractivity contribution >= 4 is 23.2 Å². The molecule has 0 aliphatic rings. The Labute approximate surface area is 119 Å². The van der Waals surface area contributed by atoms with Crippen LogP contribution in [0.3, 0.4) is 0 Å². The lowest BCUT2D eigenvalue weighted by Gasteiger charge is -2.13. The zero-order valence-electron chi connectivity index (χ0n) is 10.9. The molecule has 112 valence electrons. The Bertz CT molecular complexity index is 492. The Morgan fingerprint density at radius 2 is 2.05 bits per heavy atom. The molecule has 2 N–H and O–H groups in total. The second-order valence-electron chi connectivity index (χ2n) is 4.05. The molecule has 0 atom stereocenters. The zero-order valence-corrected chi connectivity index (χ0v) is 11.7. The summed E-state index contributed by atoms with van der Waals surface area (Å²) in [6.07, 6.45) is -4.43. The number of hydrogen-bond acceptors (Lipinski definition) is 3. The van der Waals surface area contributed by atoms with Crippen molar-refractivity contribution in [1.29, 1.82) is 0 Å². The Kier molecular flexibility index (Phi) is 5.50.